The van der Waals surface area contributed by atoms with Crippen LogP contribution in [0, 0.1) is 13.8 Å². The maximum atomic E-state index is 4.47. The number of nitrogens with zero attached hydrogens (tertiary/aromatic N) is 4. The normalized spacial score (nSPS) is 18.8. The molecular weight excluding hydrogens is 427 g/mol. The molecule has 1 saturated heterocycles. The minimum Gasteiger partial charge on any atom is -0.355 e. The van der Waals surface area contributed by atoms with Gasteiger partial charge in [-0.2, -0.15) is 5.10 Å². The maximum absolute atomic E-state index is 4.47. The summed E-state index contributed by atoms with van der Waals surface area (Å²) >= 11 is 0. The molecule has 6 nitrogen and oxygen atoms in total. The number of hydrogen-bond donors (Lipinski definition) is 2. The fraction of sp³-hybridized carbons (Fsp3) is 0.778. The van der Waals surface area contributed by atoms with Gasteiger partial charge in [-0.25, -0.2) is 0 Å². The van der Waals surface area contributed by atoms with Crippen LogP contribution in [0.1, 0.15) is 49.6 Å². The van der Waals surface area contributed by atoms with E-state index in [1.807, 2.05) is 18.8 Å². The van der Waals surface area contributed by atoms with Crippen LogP contribution in [0.25, 0.3) is 0 Å². The van der Waals surface area contributed by atoms with Crippen LogP contribution in [0.2, 0.25) is 0 Å². The molecule has 0 amide bonds. The molecule has 0 saturated carbocycles. The van der Waals surface area contributed by atoms with Crippen molar-refractivity contribution in [2.24, 2.45) is 12.0 Å². The molecule has 0 aliphatic carbocycles. The Kier molecular flexibility index (Phi) is 9.78. The average Bonchev–Trinajstić information content (AvgIpc) is 2.83. The van der Waals surface area contributed by atoms with Crippen LogP contribution in [-0.4, -0.2) is 53.4 Å². The van der Waals surface area contributed by atoms with Crippen molar-refractivity contribution >= 4 is 29.9 Å². The lowest BCUT2D eigenvalue weighted by atomic mass is 10.0. The summed E-state index contributed by atoms with van der Waals surface area (Å²) in [5, 5.41) is 11.3. The number of halogens is 1. The lowest BCUT2D eigenvalue weighted by Gasteiger charge is -2.35. The lowest BCUT2D eigenvalue weighted by molar-refractivity contribution is 0.147. The highest BCUT2D eigenvalue weighted by atomic mass is 127. The number of guanidine groups is 1. The summed E-state index contributed by atoms with van der Waals surface area (Å²) in [7, 11) is 3.82. The molecule has 1 aliphatic heterocycles. The Morgan fingerprint density at radius 3 is 2.64 bits per heavy atom. The van der Waals surface area contributed by atoms with Crippen LogP contribution in [0.3, 0.4) is 0 Å². The maximum Gasteiger partial charge on any atom is 0.191 e. The Morgan fingerprint density at radius 2 is 2.04 bits per heavy atom. The number of likely N-dealkylation sites (tertiary alicyclic amines) is 1. The second-order valence-corrected chi connectivity index (χ2v) is 6.72. The molecule has 144 valence electrons. The van der Waals surface area contributed by atoms with Crippen molar-refractivity contribution in [3.05, 3.63) is 17.0 Å². The van der Waals surface area contributed by atoms with E-state index < -0.39 is 0 Å². The fourth-order valence-electron chi connectivity index (χ4n) is 3.60. The molecule has 7 heteroatoms. The van der Waals surface area contributed by atoms with Crippen LogP contribution in [-0.2, 0) is 13.6 Å². The monoisotopic (exact) mass is 462 g/mol. The molecule has 0 radical (unpaired) electrons. The Bertz CT molecular complexity index is 554. The standard InChI is InChI=1S/C18H34N6.HI/c1-6-16-9-7-8-11-24(16)12-10-20-18(19-4)21-13-17-14(2)22-23(5)15(17)3;/h16H,6-13H2,1-5H3,(H2,19,20,21);1H. The highest BCUT2D eigenvalue weighted by Crippen LogP contribution is 2.18. The van der Waals surface area contributed by atoms with Crippen LogP contribution < -0.4 is 10.6 Å². The SMILES string of the molecule is CCC1CCCCN1CCNC(=NC)NCc1c(C)nn(C)c1C.I. The Morgan fingerprint density at radius 1 is 1.28 bits per heavy atom. The minimum atomic E-state index is 0. The topological polar surface area (TPSA) is 57.5 Å². The van der Waals surface area contributed by atoms with Gasteiger partial charge in [0, 0.05) is 51.0 Å². The Labute approximate surface area is 169 Å². The minimum absolute atomic E-state index is 0. The first-order valence-electron chi connectivity index (χ1n) is 9.24. The summed E-state index contributed by atoms with van der Waals surface area (Å²) in [4.78, 5) is 6.96. The van der Waals surface area contributed by atoms with Gasteiger partial charge in [-0.15, -0.1) is 24.0 Å². The Balaban J connectivity index is 0.00000312. The summed E-state index contributed by atoms with van der Waals surface area (Å²) in [6.07, 6.45) is 5.33. The van der Waals surface area contributed by atoms with Gasteiger partial charge in [0.15, 0.2) is 5.96 Å². The van der Waals surface area contributed by atoms with Gasteiger partial charge in [0.1, 0.15) is 0 Å². The predicted octanol–water partition coefficient (Wildman–Crippen LogP) is 2.58. The summed E-state index contributed by atoms with van der Waals surface area (Å²) in [6.45, 7) is 10.5. The number of hydrogen-bond acceptors (Lipinski definition) is 3. The van der Waals surface area contributed by atoms with Crippen molar-refractivity contribution in [3.63, 3.8) is 0 Å². The second-order valence-electron chi connectivity index (χ2n) is 6.72. The first-order chi connectivity index (χ1) is 11.6. The quantitative estimate of drug-likeness (QED) is 0.388. The van der Waals surface area contributed by atoms with Crippen molar-refractivity contribution in [3.8, 4) is 0 Å². The summed E-state index contributed by atoms with van der Waals surface area (Å²) in [5.74, 6) is 0.864. The number of piperidine rings is 1. The third kappa shape index (κ3) is 6.13. The van der Waals surface area contributed by atoms with E-state index >= 15 is 0 Å². The van der Waals surface area contributed by atoms with E-state index in [4.69, 9.17) is 0 Å². The third-order valence-electron chi connectivity index (χ3n) is 5.23. The van der Waals surface area contributed by atoms with Crippen LogP contribution >= 0.6 is 24.0 Å². The van der Waals surface area contributed by atoms with Gasteiger partial charge in [0.05, 0.1) is 5.69 Å². The van der Waals surface area contributed by atoms with Gasteiger partial charge < -0.3 is 10.6 Å². The van der Waals surface area contributed by atoms with Gasteiger partial charge in [-0.1, -0.05) is 13.3 Å². The first-order valence-corrected chi connectivity index (χ1v) is 9.24. The molecule has 1 aromatic heterocycles. The molecule has 1 atom stereocenters. The van der Waals surface area contributed by atoms with Gasteiger partial charge >= 0.3 is 0 Å². The van der Waals surface area contributed by atoms with Crippen molar-refractivity contribution in [1.82, 2.24) is 25.3 Å². The second kappa shape index (κ2) is 11.0. The van der Waals surface area contributed by atoms with Gasteiger partial charge in [0.2, 0.25) is 0 Å². The molecule has 2 rings (SSSR count). The number of aliphatic imine (C=N–C) groups is 1. The van der Waals surface area contributed by atoms with Gasteiger partial charge in [-0.3, -0.25) is 14.6 Å². The highest BCUT2D eigenvalue weighted by Gasteiger charge is 2.20. The number of aromatic nitrogens is 2. The fourth-order valence-corrected chi connectivity index (χ4v) is 3.60. The number of rotatable bonds is 6. The van der Waals surface area contributed by atoms with Gasteiger partial charge in [0.25, 0.3) is 0 Å². The molecule has 1 aromatic rings. The molecule has 25 heavy (non-hydrogen) atoms. The average molecular weight is 462 g/mol. The summed E-state index contributed by atoms with van der Waals surface area (Å²) in [5.41, 5.74) is 3.54. The molecule has 1 unspecified atom stereocenters. The zero-order valence-corrected chi connectivity index (χ0v) is 18.8. The van der Waals surface area contributed by atoms with Crippen molar-refractivity contribution < 1.29 is 0 Å². The van der Waals surface area contributed by atoms with E-state index in [0.29, 0.717) is 0 Å². The summed E-state index contributed by atoms with van der Waals surface area (Å²) in [6, 6.07) is 0.760. The highest BCUT2D eigenvalue weighted by molar-refractivity contribution is 14.0. The molecule has 0 spiro atoms. The number of aryl methyl sites for hydroxylation is 2. The lowest BCUT2D eigenvalue weighted by Crippen LogP contribution is -2.45. The van der Waals surface area contributed by atoms with Crippen molar-refractivity contribution in [2.75, 3.05) is 26.7 Å². The predicted molar refractivity (Wildman–Crippen MR) is 116 cm³/mol. The van der Waals surface area contributed by atoms with E-state index in [9.17, 15) is 0 Å². The largest absolute Gasteiger partial charge is 0.355 e. The van der Waals surface area contributed by atoms with Crippen molar-refractivity contribution in [1.29, 1.82) is 0 Å². The van der Waals surface area contributed by atoms with Crippen LogP contribution in [0.15, 0.2) is 4.99 Å². The van der Waals surface area contributed by atoms with E-state index in [-0.39, 0.29) is 24.0 Å². The van der Waals surface area contributed by atoms with E-state index in [2.05, 4.69) is 46.4 Å². The molecule has 0 bridgehead atoms. The molecule has 1 fully saturated rings. The van der Waals surface area contributed by atoms with Crippen LogP contribution in [0.4, 0.5) is 0 Å². The van der Waals surface area contributed by atoms with Gasteiger partial charge in [-0.05, 0) is 39.7 Å². The number of nitrogens with one attached hydrogen (secondary N) is 2. The van der Waals surface area contributed by atoms with E-state index in [1.54, 1.807) is 0 Å². The van der Waals surface area contributed by atoms with E-state index in [1.165, 1.54) is 43.5 Å². The zero-order valence-electron chi connectivity index (χ0n) is 16.4. The third-order valence-corrected chi connectivity index (χ3v) is 5.23. The summed E-state index contributed by atoms with van der Waals surface area (Å²) < 4.78 is 1.93. The molecule has 1 aliphatic rings. The Hall–Kier alpha value is -0.830. The molecule has 2 N–H and O–H groups in total. The molecular formula is C18H35IN6. The van der Waals surface area contributed by atoms with E-state index in [0.717, 1.165) is 37.3 Å². The smallest absolute Gasteiger partial charge is 0.191 e. The first kappa shape index (κ1) is 22.2. The molecule has 0 aromatic carbocycles. The van der Waals surface area contributed by atoms with Crippen molar-refractivity contribution in [2.45, 2.75) is 59.0 Å². The van der Waals surface area contributed by atoms with Crippen LogP contribution in [0.5, 0.6) is 0 Å². The zero-order chi connectivity index (χ0) is 17.5. The molecule has 2 heterocycles.